The predicted molar refractivity (Wildman–Crippen MR) is 124 cm³/mol. The van der Waals surface area contributed by atoms with Gasteiger partial charge in [-0.1, -0.05) is 18.2 Å². The lowest BCUT2D eigenvalue weighted by molar-refractivity contribution is -0.148. The molecule has 1 saturated heterocycles. The molecule has 1 fully saturated rings. The number of benzene rings is 2. The summed E-state index contributed by atoms with van der Waals surface area (Å²) in [7, 11) is 0. The number of hydrogen-bond acceptors (Lipinski definition) is 7. The average molecular weight is 471 g/mol. The Bertz CT molecular complexity index is 934. The molecule has 1 N–H and O–H groups in total. The molecule has 0 bridgehead atoms. The third-order valence-electron chi connectivity index (χ3n) is 5.11. The summed E-state index contributed by atoms with van der Waals surface area (Å²) in [6.07, 6.45) is -0.235. The van der Waals surface area contributed by atoms with Crippen LogP contribution in [0.1, 0.15) is 23.7 Å². The predicted octanol–water partition coefficient (Wildman–Crippen LogP) is 2.05. The maximum Gasteiger partial charge on any atom is 0.308 e. The molecule has 0 aromatic heterocycles. The molecule has 0 saturated carbocycles. The standard InChI is InChI=1S/C25H30N2O7/c1-2-31-14-15-32-21-10-8-19(9-11-21)25(30)27-13-12-26-24(29)22(27)18-23(28)34-17-16-33-20-6-4-3-5-7-20/h3-11,22H,2,12-18H2,1H3,(H,26,29). The Morgan fingerprint density at radius 1 is 0.941 bits per heavy atom. The van der Waals surface area contributed by atoms with Gasteiger partial charge in [-0.2, -0.15) is 0 Å². The van der Waals surface area contributed by atoms with Gasteiger partial charge in [-0.3, -0.25) is 14.4 Å². The molecule has 2 aromatic rings. The SMILES string of the molecule is CCOCCOc1ccc(C(=O)N2CCNC(=O)C2CC(=O)OCCOc2ccccc2)cc1. The molecule has 1 aliphatic rings. The van der Waals surface area contributed by atoms with Gasteiger partial charge in [0.2, 0.25) is 5.91 Å². The van der Waals surface area contributed by atoms with Crippen LogP contribution in [0, 0.1) is 0 Å². The molecule has 9 heteroatoms. The quantitative estimate of drug-likeness (QED) is 0.374. The summed E-state index contributed by atoms with van der Waals surface area (Å²) in [5.74, 6) is 0.00151. The molecule has 34 heavy (non-hydrogen) atoms. The number of ether oxygens (including phenoxy) is 4. The highest BCUT2D eigenvalue weighted by molar-refractivity contribution is 5.99. The number of rotatable bonds is 12. The molecule has 1 unspecified atom stereocenters. The summed E-state index contributed by atoms with van der Waals surface area (Å²) in [5.41, 5.74) is 0.404. The zero-order chi connectivity index (χ0) is 24.2. The van der Waals surface area contributed by atoms with Gasteiger partial charge < -0.3 is 29.2 Å². The molecule has 3 rings (SSSR count). The van der Waals surface area contributed by atoms with Crippen LogP contribution in [0.15, 0.2) is 54.6 Å². The number of amides is 2. The maximum atomic E-state index is 13.1. The molecule has 2 aromatic carbocycles. The van der Waals surface area contributed by atoms with Crippen molar-refractivity contribution in [2.45, 2.75) is 19.4 Å². The maximum absolute atomic E-state index is 13.1. The fourth-order valence-electron chi connectivity index (χ4n) is 3.43. The first-order chi connectivity index (χ1) is 16.6. The van der Waals surface area contributed by atoms with Crippen LogP contribution in [0.2, 0.25) is 0 Å². The van der Waals surface area contributed by atoms with Crippen LogP contribution in [0.25, 0.3) is 0 Å². The summed E-state index contributed by atoms with van der Waals surface area (Å²) in [4.78, 5) is 39.3. The molecular formula is C25H30N2O7. The number of carbonyl (C=O) groups is 3. The molecule has 9 nitrogen and oxygen atoms in total. The minimum absolute atomic E-state index is 0.0424. The monoisotopic (exact) mass is 470 g/mol. The summed E-state index contributed by atoms with van der Waals surface area (Å²) in [5, 5.41) is 2.71. The van der Waals surface area contributed by atoms with Crippen molar-refractivity contribution in [1.82, 2.24) is 10.2 Å². The Kier molecular flexibility index (Phi) is 9.72. The van der Waals surface area contributed by atoms with Gasteiger partial charge in [0, 0.05) is 25.3 Å². The van der Waals surface area contributed by atoms with E-state index in [4.69, 9.17) is 18.9 Å². The van der Waals surface area contributed by atoms with Gasteiger partial charge in [-0.05, 0) is 43.3 Å². The minimum atomic E-state index is -0.939. The van der Waals surface area contributed by atoms with Crippen LogP contribution in [-0.2, 0) is 19.1 Å². The van der Waals surface area contributed by atoms with E-state index in [9.17, 15) is 14.4 Å². The second-order valence-corrected chi connectivity index (χ2v) is 7.46. The highest BCUT2D eigenvalue weighted by Crippen LogP contribution is 2.18. The van der Waals surface area contributed by atoms with Gasteiger partial charge >= 0.3 is 5.97 Å². The molecule has 1 aliphatic heterocycles. The van der Waals surface area contributed by atoms with E-state index < -0.39 is 12.0 Å². The minimum Gasteiger partial charge on any atom is -0.491 e. The van der Waals surface area contributed by atoms with E-state index in [2.05, 4.69) is 5.32 Å². The van der Waals surface area contributed by atoms with Crippen LogP contribution in [-0.4, -0.2) is 74.8 Å². The summed E-state index contributed by atoms with van der Waals surface area (Å²) in [6, 6.07) is 14.9. The van der Waals surface area contributed by atoms with Crippen molar-refractivity contribution >= 4 is 17.8 Å². The normalized spacial score (nSPS) is 15.4. The molecule has 0 spiro atoms. The third-order valence-corrected chi connectivity index (χ3v) is 5.11. The van der Waals surface area contributed by atoms with Crippen LogP contribution in [0.5, 0.6) is 11.5 Å². The van der Waals surface area contributed by atoms with E-state index in [0.717, 1.165) is 0 Å². The molecular weight excluding hydrogens is 440 g/mol. The fourth-order valence-corrected chi connectivity index (χ4v) is 3.43. The molecule has 2 amide bonds. The Morgan fingerprint density at radius 3 is 2.32 bits per heavy atom. The van der Waals surface area contributed by atoms with Crippen LogP contribution < -0.4 is 14.8 Å². The first-order valence-electron chi connectivity index (χ1n) is 11.3. The van der Waals surface area contributed by atoms with Crippen molar-refractivity contribution in [2.75, 3.05) is 46.1 Å². The Labute approximate surface area is 198 Å². The Balaban J connectivity index is 1.51. The average Bonchev–Trinajstić information content (AvgIpc) is 2.86. The van der Waals surface area contributed by atoms with Crippen molar-refractivity contribution < 1.29 is 33.3 Å². The highest BCUT2D eigenvalue weighted by Gasteiger charge is 2.35. The van der Waals surface area contributed by atoms with Crippen molar-refractivity contribution in [3.05, 3.63) is 60.2 Å². The lowest BCUT2D eigenvalue weighted by Gasteiger charge is -2.34. The number of hydrogen-bond donors (Lipinski definition) is 1. The van der Waals surface area contributed by atoms with Crippen LogP contribution in [0.4, 0.5) is 0 Å². The smallest absolute Gasteiger partial charge is 0.308 e. The van der Waals surface area contributed by atoms with Crippen LogP contribution in [0.3, 0.4) is 0 Å². The Hall–Kier alpha value is -3.59. The summed E-state index contributed by atoms with van der Waals surface area (Å²) >= 11 is 0. The van der Waals surface area contributed by atoms with Crippen molar-refractivity contribution in [2.24, 2.45) is 0 Å². The Morgan fingerprint density at radius 2 is 1.62 bits per heavy atom. The van der Waals surface area contributed by atoms with Gasteiger partial charge in [0.05, 0.1) is 13.0 Å². The largest absolute Gasteiger partial charge is 0.491 e. The first kappa shape index (κ1) is 25.0. The zero-order valence-electron chi connectivity index (χ0n) is 19.2. The highest BCUT2D eigenvalue weighted by atomic mass is 16.6. The first-order valence-corrected chi connectivity index (χ1v) is 11.3. The van der Waals surface area contributed by atoms with Crippen molar-refractivity contribution in [3.63, 3.8) is 0 Å². The molecule has 0 aliphatic carbocycles. The van der Waals surface area contributed by atoms with E-state index in [0.29, 0.717) is 50.0 Å². The second-order valence-electron chi connectivity index (χ2n) is 7.46. The van der Waals surface area contributed by atoms with Gasteiger partial charge in [0.25, 0.3) is 5.91 Å². The fraction of sp³-hybridized carbons (Fsp3) is 0.400. The molecule has 182 valence electrons. The van der Waals surface area contributed by atoms with Gasteiger partial charge in [-0.15, -0.1) is 0 Å². The van der Waals surface area contributed by atoms with E-state index in [1.54, 1.807) is 36.4 Å². The van der Waals surface area contributed by atoms with Gasteiger partial charge in [0.1, 0.15) is 37.4 Å². The number of carbonyl (C=O) groups excluding carboxylic acids is 3. The van der Waals surface area contributed by atoms with Crippen molar-refractivity contribution in [3.8, 4) is 11.5 Å². The van der Waals surface area contributed by atoms with E-state index in [1.165, 1.54) is 4.90 Å². The second kappa shape index (κ2) is 13.2. The number of nitrogens with one attached hydrogen (secondary N) is 1. The lowest BCUT2D eigenvalue weighted by Crippen LogP contribution is -2.57. The summed E-state index contributed by atoms with van der Waals surface area (Å²) in [6.45, 7) is 4.27. The number of esters is 1. The van der Waals surface area contributed by atoms with Crippen molar-refractivity contribution in [1.29, 1.82) is 0 Å². The van der Waals surface area contributed by atoms with E-state index >= 15 is 0 Å². The summed E-state index contributed by atoms with van der Waals surface area (Å²) < 4.78 is 21.5. The molecule has 1 atom stereocenters. The van der Waals surface area contributed by atoms with E-state index in [1.807, 2.05) is 25.1 Å². The van der Waals surface area contributed by atoms with Gasteiger partial charge in [0.15, 0.2) is 0 Å². The zero-order valence-corrected chi connectivity index (χ0v) is 19.2. The number of piperazine rings is 1. The molecule has 0 radical (unpaired) electrons. The number of para-hydroxylation sites is 1. The molecule has 1 heterocycles. The van der Waals surface area contributed by atoms with E-state index in [-0.39, 0.29) is 31.4 Å². The number of nitrogens with zero attached hydrogens (tertiary/aromatic N) is 1. The third kappa shape index (κ3) is 7.48. The lowest BCUT2D eigenvalue weighted by atomic mass is 10.1. The van der Waals surface area contributed by atoms with Crippen LogP contribution >= 0.6 is 0 Å². The van der Waals surface area contributed by atoms with Gasteiger partial charge in [-0.25, -0.2) is 0 Å². The topological polar surface area (TPSA) is 103 Å².